The molecule has 0 atom stereocenters. The van der Waals surface area contributed by atoms with Crippen LogP contribution in [0.5, 0.6) is 0 Å². The van der Waals surface area contributed by atoms with Gasteiger partial charge in [0, 0.05) is 11.6 Å². The first kappa shape index (κ1) is 14.0. The summed E-state index contributed by atoms with van der Waals surface area (Å²) in [5.41, 5.74) is 2.86. The molecule has 0 N–H and O–H groups in total. The van der Waals surface area contributed by atoms with Gasteiger partial charge in [-0.1, -0.05) is 72.8 Å². The molecule has 0 radical (unpaired) electrons. The Labute approximate surface area is 129 Å². The molecule has 108 valence electrons. The molecule has 0 bridgehead atoms. The van der Waals surface area contributed by atoms with Gasteiger partial charge in [0.2, 0.25) is 0 Å². The van der Waals surface area contributed by atoms with E-state index in [9.17, 15) is 4.79 Å². The maximum Gasteiger partial charge on any atom is 0.267 e. The molecule has 1 heterocycles. The van der Waals surface area contributed by atoms with Crippen molar-refractivity contribution in [2.45, 2.75) is 6.54 Å². The van der Waals surface area contributed by atoms with Gasteiger partial charge in [0.15, 0.2) is 0 Å². The molecule has 0 saturated heterocycles. The van der Waals surface area contributed by atoms with Gasteiger partial charge in [-0.25, -0.2) is 4.68 Å². The lowest BCUT2D eigenvalue weighted by Crippen LogP contribution is -2.22. The van der Waals surface area contributed by atoms with Crippen molar-refractivity contribution in [1.29, 1.82) is 0 Å². The minimum absolute atomic E-state index is 0.0981. The zero-order valence-corrected chi connectivity index (χ0v) is 12.1. The van der Waals surface area contributed by atoms with Gasteiger partial charge in [0.05, 0.1) is 12.7 Å². The fourth-order valence-corrected chi connectivity index (χ4v) is 2.17. The number of rotatable bonds is 4. The Morgan fingerprint density at radius 1 is 0.864 bits per heavy atom. The first-order valence-corrected chi connectivity index (χ1v) is 7.15. The van der Waals surface area contributed by atoms with Crippen molar-refractivity contribution in [3.8, 4) is 0 Å². The Bertz CT molecular complexity index is 821. The summed E-state index contributed by atoms with van der Waals surface area (Å²) in [4.78, 5) is 12.1. The van der Waals surface area contributed by atoms with Gasteiger partial charge >= 0.3 is 0 Å². The van der Waals surface area contributed by atoms with E-state index < -0.39 is 0 Å². The highest BCUT2D eigenvalue weighted by Crippen LogP contribution is 2.06. The third kappa shape index (κ3) is 3.58. The Morgan fingerprint density at radius 2 is 1.50 bits per heavy atom. The van der Waals surface area contributed by atoms with Crippen LogP contribution in [0.2, 0.25) is 0 Å². The van der Waals surface area contributed by atoms with Crippen LogP contribution in [0.4, 0.5) is 0 Å². The summed E-state index contributed by atoms with van der Waals surface area (Å²) in [7, 11) is 0. The fraction of sp³-hybridized carbons (Fsp3) is 0.0526. The third-order valence-corrected chi connectivity index (χ3v) is 3.33. The fourth-order valence-electron chi connectivity index (χ4n) is 2.17. The van der Waals surface area contributed by atoms with E-state index in [1.165, 1.54) is 4.68 Å². The van der Waals surface area contributed by atoms with E-state index in [4.69, 9.17) is 0 Å². The molecule has 0 unspecified atom stereocenters. The zero-order chi connectivity index (χ0) is 15.2. The Hall–Kier alpha value is -2.94. The summed E-state index contributed by atoms with van der Waals surface area (Å²) >= 11 is 0. The normalized spacial score (nSPS) is 10.9. The van der Waals surface area contributed by atoms with Gasteiger partial charge in [0.25, 0.3) is 5.56 Å². The Balaban J connectivity index is 1.78. The summed E-state index contributed by atoms with van der Waals surface area (Å²) < 4.78 is 1.47. The van der Waals surface area contributed by atoms with Gasteiger partial charge in [-0.2, -0.15) is 5.10 Å². The molecule has 3 heteroatoms. The van der Waals surface area contributed by atoms with E-state index in [2.05, 4.69) is 5.10 Å². The molecule has 0 spiro atoms. The van der Waals surface area contributed by atoms with Gasteiger partial charge in [-0.05, 0) is 11.1 Å². The second-order valence-electron chi connectivity index (χ2n) is 5.01. The lowest BCUT2D eigenvalue weighted by atomic mass is 10.2. The molecule has 22 heavy (non-hydrogen) atoms. The van der Waals surface area contributed by atoms with Gasteiger partial charge in [0.1, 0.15) is 0 Å². The third-order valence-electron chi connectivity index (χ3n) is 3.33. The first-order valence-electron chi connectivity index (χ1n) is 7.15. The summed E-state index contributed by atoms with van der Waals surface area (Å²) in [5.74, 6) is 0. The first-order chi connectivity index (χ1) is 10.8. The van der Waals surface area contributed by atoms with Gasteiger partial charge in [-0.3, -0.25) is 4.79 Å². The molecule has 0 aliphatic rings. The average molecular weight is 288 g/mol. The molecule has 3 rings (SSSR count). The highest BCUT2D eigenvalue weighted by molar-refractivity contribution is 5.68. The Morgan fingerprint density at radius 3 is 2.18 bits per heavy atom. The molecule has 0 aliphatic heterocycles. The van der Waals surface area contributed by atoms with E-state index in [1.54, 1.807) is 12.3 Å². The second-order valence-corrected chi connectivity index (χ2v) is 5.01. The van der Waals surface area contributed by atoms with E-state index in [-0.39, 0.29) is 5.56 Å². The molecule has 0 amide bonds. The van der Waals surface area contributed by atoms with E-state index >= 15 is 0 Å². The Kier molecular flexibility index (Phi) is 4.25. The van der Waals surface area contributed by atoms with Crippen LogP contribution in [-0.4, -0.2) is 9.78 Å². The molecule has 2 aromatic carbocycles. The molecule has 3 aromatic rings. The number of benzene rings is 2. The van der Waals surface area contributed by atoms with Crippen LogP contribution in [0.1, 0.15) is 16.7 Å². The van der Waals surface area contributed by atoms with Crippen LogP contribution in [-0.2, 0) is 6.54 Å². The van der Waals surface area contributed by atoms with Crippen molar-refractivity contribution in [1.82, 2.24) is 9.78 Å². The number of hydrogen-bond donors (Lipinski definition) is 0. The summed E-state index contributed by atoms with van der Waals surface area (Å²) in [6, 6.07) is 21.4. The summed E-state index contributed by atoms with van der Waals surface area (Å²) in [5, 5.41) is 4.24. The van der Waals surface area contributed by atoms with Gasteiger partial charge in [-0.15, -0.1) is 0 Å². The smallest absolute Gasteiger partial charge is 0.267 e. The monoisotopic (exact) mass is 288 g/mol. The lowest BCUT2D eigenvalue weighted by molar-refractivity contribution is 0.638. The predicted molar refractivity (Wildman–Crippen MR) is 89.4 cm³/mol. The zero-order valence-electron chi connectivity index (χ0n) is 12.1. The van der Waals surface area contributed by atoms with Crippen molar-refractivity contribution in [2.75, 3.05) is 0 Å². The molecule has 0 aliphatic carbocycles. The quantitative estimate of drug-likeness (QED) is 0.737. The van der Waals surface area contributed by atoms with Crippen molar-refractivity contribution >= 4 is 12.2 Å². The summed E-state index contributed by atoms with van der Waals surface area (Å²) in [6.45, 7) is 0.488. The number of aromatic nitrogens is 2. The minimum Gasteiger partial charge on any atom is -0.268 e. The SMILES string of the molecule is O=c1cc(/C=C/c2ccccc2)cnn1Cc1ccccc1. The standard InChI is InChI=1S/C19H16N2O/c22-19-13-18(12-11-16-7-3-1-4-8-16)14-20-21(19)15-17-9-5-2-6-10-17/h1-14H,15H2/b12-11+. The second kappa shape index (κ2) is 6.68. The van der Waals surface area contributed by atoms with E-state index in [0.29, 0.717) is 6.54 Å². The van der Waals surface area contributed by atoms with E-state index in [1.807, 2.05) is 72.8 Å². The highest BCUT2D eigenvalue weighted by Gasteiger charge is 1.99. The van der Waals surface area contributed by atoms with Crippen LogP contribution in [0.15, 0.2) is 77.7 Å². The summed E-state index contributed by atoms with van der Waals surface area (Å²) in [6.07, 6.45) is 5.58. The van der Waals surface area contributed by atoms with Gasteiger partial charge < -0.3 is 0 Å². The molecule has 0 saturated carbocycles. The van der Waals surface area contributed by atoms with Crippen LogP contribution < -0.4 is 5.56 Å². The highest BCUT2D eigenvalue weighted by atomic mass is 16.1. The maximum atomic E-state index is 12.1. The topological polar surface area (TPSA) is 34.9 Å². The lowest BCUT2D eigenvalue weighted by Gasteiger charge is -2.04. The largest absolute Gasteiger partial charge is 0.268 e. The van der Waals surface area contributed by atoms with Crippen molar-refractivity contribution in [3.05, 3.63) is 100.0 Å². The molecular formula is C19H16N2O. The molecular weight excluding hydrogens is 272 g/mol. The average Bonchev–Trinajstić information content (AvgIpc) is 2.57. The van der Waals surface area contributed by atoms with E-state index in [0.717, 1.165) is 16.7 Å². The minimum atomic E-state index is -0.0981. The van der Waals surface area contributed by atoms with Crippen molar-refractivity contribution < 1.29 is 0 Å². The number of hydrogen-bond acceptors (Lipinski definition) is 2. The maximum absolute atomic E-state index is 12.1. The van der Waals surface area contributed by atoms with Crippen LogP contribution in [0.25, 0.3) is 12.2 Å². The molecule has 3 nitrogen and oxygen atoms in total. The molecule has 0 fully saturated rings. The van der Waals surface area contributed by atoms with Crippen LogP contribution in [0, 0.1) is 0 Å². The van der Waals surface area contributed by atoms with Crippen LogP contribution in [0.3, 0.4) is 0 Å². The number of nitrogens with zero attached hydrogens (tertiary/aromatic N) is 2. The van der Waals surface area contributed by atoms with Crippen molar-refractivity contribution in [3.63, 3.8) is 0 Å². The van der Waals surface area contributed by atoms with Crippen molar-refractivity contribution in [2.24, 2.45) is 0 Å². The molecule has 1 aromatic heterocycles. The predicted octanol–water partition coefficient (Wildman–Crippen LogP) is 3.46. The van der Waals surface area contributed by atoms with Crippen LogP contribution >= 0.6 is 0 Å².